The van der Waals surface area contributed by atoms with E-state index in [1.807, 2.05) is 13.8 Å². The van der Waals surface area contributed by atoms with Gasteiger partial charge >= 0.3 is 0 Å². The molecule has 0 aromatic carbocycles. The average molecular weight is 325 g/mol. The molecule has 1 heterocycles. The Kier molecular flexibility index (Phi) is 5.18. The topological polar surface area (TPSA) is 85.3 Å². The van der Waals surface area contributed by atoms with Crippen LogP contribution >= 0.6 is 15.9 Å². The molecule has 5 nitrogen and oxygen atoms in total. The van der Waals surface area contributed by atoms with Gasteiger partial charge in [0, 0.05) is 12.1 Å². The highest BCUT2D eigenvalue weighted by molar-refractivity contribution is 9.10. The summed E-state index contributed by atoms with van der Waals surface area (Å²) in [5.41, 5.74) is 5.39. The van der Waals surface area contributed by atoms with Gasteiger partial charge in [-0.15, -0.1) is 0 Å². The Bertz CT molecular complexity index is 470. The fraction of sp³-hybridized carbons (Fsp3) is 0.600. The lowest BCUT2D eigenvalue weighted by Crippen LogP contribution is -2.32. The number of halogens is 1. The molecule has 0 radical (unpaired) electrons. The minimum absolute atomic E-state index is 0.0981. The second-order valence-corrected chi connectivity index (χ2v) is 6.27. The molecule has 0 bridgehead atoms. The van der Waals surface area contributed by atoms with Crippen LogP contribution in [-0.4, -0.2) is 14.5 Å². The Morgan fingerprint density at radius 2 is 2.24 bits per heavy atom. The van der Waals surface area contributed by atoms with Gasteiger partial charge in [0.1, 0.15) is 10.7 Å². The van der Waals surface area contributed by atoms with Crippen LogP contribution in [-0.2, 0) is 16.6 Å². The molecule has 1 aromatic heterocycles. The minimum atomic E-state index is -3.55. The molecule has 0 spiro atoms. The molecule has 0 aliphatic carbocycles. The van der Waals surface area contributed by atoms with Gasteiger partial charge in [-0.1, -0.05) is 13.3 Å². The molecule has 1 rings (SSSR count). The van der Waals surface area contributed by atoms with E-state index in [4.69, 9.17) is 10.2 Å². The molecular formula is C10H17BrN2O3S. The molecule has 17 heavy (non-hydrogen) atoms. The second-order valence-electron chi connectivity index (χ2n) is 3.87. The van der Waals surface area contributed by atoms with E-state index in [1.54, 1.807) is 0 Å². The summed E-state index contributed by atoms with van der Waals surface area (Å²) in [4.78, 5) is 0.0981. The van der Waals surface area contributed by atoms with Gasteiger partial charge in [-0.2, -0.15) is 0 Å². The van der Waals surface area contributed by atoms with Gasteiger partial charge < -0.3 is 10.2 Å². The van der Waals surface area contributed by atoms with Gasteiger partial charge in [0.05, 0.1) is 6.54 Å². The van der Waals surface area contributed by atoms with E-state index in [0.717, 1.165) is 12.8 Å². The Morgan fingerprint density at radius 3 is 2.71 bits per heavy atom. The van der Waals surface area contributed by atoms with E-state index in [0.29, 0.717) is 5.76 Å². The Balaban J connectivity index is 2.92. The first-order valence-corrected chi connectivity index (χ1v) is 7.69. The Hall–Kier alpha value is -0.370. The van der Waals surface area contributed by atoms with Crippen LogP contribution in [0.5, 0.6) is 0 Å². The second kappa shape index (κ2) is 5.99. The number of furan rings is 1. The third kappa shape index (κ3) is 3.80. The van der Waals surface area contributed by atoms with E-state index < -0.39 is 10.0 Å². The monoisotopic (exact) mass is 324 g/mol. The number of nitrogens with one attached hydrogen (secondary N) is 1. The number of sulfonamides is 1. The van der Waals surface area contributed by atoms with Crippen LogP contribution in [0.2, 0.25) is 0 Å². The van der Waals surface area contributed by atoms with Gasteiger partial charge in [-0.25, -0.2) is 13.1 Å². The summed E-state index contributed by atoms with van der Waals surface area (Å²) in [5, 5.41) is 0. The maximum Gasteiger partial charge on any atom is 0.245 e. The first-order chi connectivity index (χ1) is 7.90. The van der Waals surface area contributed by atoms with Crippen LogP contribution in [0.15, 0.2) is 20.0 Å². The summed E-state index contributed by atoms with van der Waals surface area (Å²) >= 11 is 3.08. The van der Waals surface area contributed by atoms with Gasteiger partial charge in [0.25, 0.3) is 0 Å². The number of hydrogen-bond donors (Lipinski definition) is 2. The van der Waals surface area contributed by atoms with Crippen molar-refractivity contribution in [2.45, 2.75) is 44.2 Å². The predicted octanol–water partition coefficient (Wildman–Crippen LogP) is 1.97. The fourth-order valence-electron chi connectivity index (χ4n) is 1.50. The summed E-state index contributed by atoms with van der Waals surface area (Å²) < 4.78 is 32.0. The maximum atomic E-state index is 12.0. The first-order valence-electron chi connectivity index (χ1n) is 5.41. The highest BCUT2D eigenvalue weighted by atomic mass is 79.9. The quantitative estimate of drug-likeness (QED) is 0.837. The van der Waals surface area contributed by atoms with Gasteiger partial charge in [-0.05, 0) is 29.3 Å². The van der Waals surface area contributed by atoms with Crippen LogP contribution in [0.1, 0.15) is 32.4 Å². The van der Waals surface area contributed by atoms with Crippen LogP contribution in [0.25, 0.3) is 0 Å². The van der Waals surface area contributed by atoms with Crippen molar-refractivity contribution in [3.8, 4) is 0 Å². The van der Waals surface area contributed by atoms with E-state index in [-0.39, 0.29) is 22.2 Å². The van der Waals surface area contributed by atoms with Crippen molar-refractivity contribution in [2.75, 3.05) is 0 Å². The molecule has 1 unspecified atom stereocenters. The van der Waals surface area contributed by atoms with Gasteiger partial charge in [0.2, 0.25) is 10.0 Å². The lowest BCUT2D eigenvalue weighted by Gasteiger charge is -2.12. The minimum Gasteiger partial charge on any atom is -0.452 e. The van der Waals surface area contributed by atoms with Crippen molar-refractivity contribution in [3.05, 3.63) is 16.5 Å². The number of nitrogens with two attached hydrogens (primary N) is 1. The predicted molar refractivity (Wildman–Crippen MR) is 69.0 cm³/mol. The molecule has 0 amide bonds. The molecule has 0 saturated heterocycles. The molecule has 0 fully saturated rings. The van der Waals surface area contributed by atoms with Crippen molar-refractivity contribution in [2.24, 2.45) is 5.73 Å². The number of rotatable bonds is 6. The smallest absolute Gasteiger partial charge is 0.245 e. The molecule has 0 aliphatic rings. The van der Waals surface area contributed by atoms with Crippen molar-refractivity contribution in [1.82, 2.24) is 4.72 Å². The van der Waals surface area contributed by atoms with E-state index >= 15 is 0 Å². The van der Waals surface area contributed by atoms with E-state index in [2.05, 4.69) is 20.7 Å². The first kappa shape index (κ1) is 14.7. The molecule has 0 aliphatic heterocycles. The largest absolute Gasteiger partial charge is 0.452 e. The van der Waals surface area contributed by atoms with Crippen LogP contribution in [0.4, 0.5) is 0 Å². The molecular weight excluding hydrogens is 308 g/mol. The molecule has 98 valence electrons. The third-order valence-electron chi connectivity index (χ3n) is 2.28. The molecule has 0 saturated carbocycles. The zero-order chi connectivity index (χ0) is 13.1. The maximum absolute atomic E-state index is 12.0. The summed E-state index contributed by atoms with van der Waals surface area (Å²) in [6.07, 6.45) is 1.71. The normalized spacial score (nSPS) is 13.9. The highest BCUT2D eigenvalue weighted by Crippen LogP contribution is 2.26. The van der Waals surface area contributed by atoms with E-state index in [9.17, 15) is 8.42 Å². The van der Waals surface area contributed by atoms with Crippen molar-refractivity contribution in [3.63, 3.8) is 0 Å². The van der Waals surface area contributed by atoms with Gasteiger partial charge in [-0.3, -0.25) is 0 Å². The molecule has 3 N–H and O–H groups in total. The summed E-state index contributed by atoms with van der Waals surface area (Å²) in [7, 11) is -3.55. The number of hydrogen-bond acceptors (Lipinski definition) is 4. The fourth-order valence-corrected chi connectivity index (χ4v) is 3.78. The lowest BCUT2D eigenvalue weighted by atomic mass is 10.2. The summed E-state index contributed by atoms with van der Waals surface area (Å²) in [6.45, 7) is 4.00. The standard InChI is InChI=1S/C10H17BrN2O3S/c1-3-4-7(2)13-17(14,15)9-5-8(6-12)16-10(9)11/h5,7,13H,3-4,6,12H2,1-2H3. The van der Waals surface area contributed by atoms with Crippen LogP contribution in [0, 0.1) is 0 Å². The van der Waals surface area contributed by atoms with Crippen LogP contribution < -0.4 is 10.5 Å². The SMILES string of the molecule is CCCC(C)NS(=O)(=O)c1cc(CN)oc1Br. The average Bonchev–Trinajstić information content (AvgIpc) is 2.60. The van der Waals surface area contributed by atoms with Crippen molar-refractivity contribution in [1.29, 1.82) is 0 Å². The Morgan fingerprint density at radius 1 is 1.59 bits per heavy atom. The molecule has 1 aromatic rings. The van der Waals surface area contributed by atoms with Crippen LogP contribution in [0.3, 0.4) is 0 Å². The third-order valence-corrected chi connectivity index (χ3v) is 4.72. The highest BCUT2D eigenvalue weighted by Gasteiger charge is 2.23. The molecule has 1 atom stereocenters. The Labute approximate surface area is 110 Å². The lowest BCUT2D eigenvalue weighted by molar-refractivity contribution is 0.482. The van der Waals surface area contributed by atoms with Gasteiger partial charge in [0.15, 0.2) is 4.67 Å². The summed E-state index contributed by atoms with van der Waals surface area (Å²) in [6, 6.07) is 1.33. The van der Waals surface area contributed by atoms with Crippen molar-refractivity contribution >= 4 is 26.0 Å². The molecule has 7 heteroatoms. The van der Waals surface area contributed by atoms with Crippen molar-refractivity contribution < 1.29 is 12.8 Å². The zero-order valence-electron chi connectivity index (χ0n) is 9.86. The summed E-state index contributed by atoms with van der Waals surface area (Å²) in [5.74, 6) is 0.431. The van der Waals surface area contributed by atoms with E-state index in [1.165, 1.54) is 6.07 Å². The zero-order valence-corrected chi connectivity index (χ0v) is 12.3.